The lowest BCUT2D eigenvalue weighted by Crippen LogP contribution is -2.48. The van der Waals surface area contributed by atoms with Crippen LogP contribution in [0.2, 0.25) is 0 Å². The van der Waals surface area contributed by atoms with Gasteiger partial charge in [0.2, 0.25) is 0 Å². The zero-order valence-electron chi connectivity index (χ0n) is 36.7. The van der Waals surface area contributed by atoms with Crippen LogP contribution in [0.3, 0.4) is 0 Å². The number of aliphatic hydroxyl groups is 2. The Labute approximate surface area is 370 Å². The van der Waals surface area contributed by atoms with E-state index in [1.807, 2.05) is 0 Å². The predicted molar refractivity (Wildman–Crippen MR) is 237 cm³/mol. The van der Waals surface area contributed by atoms with Crippen molar-refractivity contribution in [1.29, 1.82) is 5.26 Å². The van der Waals surface area contributed by atoms with Crippen molar-refractivity contribution in [2.45, 2.75) is 146 Å². The second-order valence-corrected chi connectivity index (χ2v) is 17.6. The van der Waals surface area contributed by atoms with Crippen LogP contribution >= 0.6 is 7.82 Å². The molecule has 4 heterocycles. The highest BCUT2D eigenvalue weighted by molar-refractivity contribution is 7.47. The number of ether oxygens (including phenoxy) is 3. The molecule has 1 unspecified atom stereocenters. The van der Waals surface area contributed by atoms with Crippen molar-refractivity contribution in [2.75, 3.05) is 39.2 Å². The van der Waals surface area contributed by atoms with E-state index >= 15 is 0 Å². The van der Waals surface area contributed by atoms with Gasteiger partial charge in [-0.15, -0.1) is 0 Å². The van der Waals surface area contributed by atoms with E-state index in [0.717, 1.165) is 19.3 Å². The van der Waals surface area contributed by atoms with Crippen LogP contribution in [-0.2, 0) is 34.4 Å². The maximum Gasteiger partial charge on any atom is 0.472 e. The highest BCUT2D eigenvalue weighted by atomic mass is 31.2. The average molecular weight is 896 g/mol. The van der Waals surface area contributed by atoms with E-state index in [0.29, 0.717) is 34.6 Å². The van der Waals surface area contributed by atoms with Gasteiger partial charge in [-0.25, -0.2) is 23.7 Å². The number of aromatic nitrogens is 6. The third-order valence-corrected chi connectivity index (χ3v) is 12.2. The van der Waals surface area contributed by atoms with E-state index in [-0.39, 0.29) is 19.0 Å². The molecule has 5 N–H and O–H groups in total. The van der Waals surface area contributed by atoms with Gasteiger partial charge in [0.05, 0.1) is 43.4 Å². The van der Waals surface area contributed by atoms with Crippen LogP contribution < -0.4 is 5.73 Å². The first-order valence-electron chi connectivity index (χ1n) is 22.4. The molecule has 19 heteroatoms. The van der Waals surface area contributed by atoms with Gasteiger partial charge >= 0.3 is 7.82 Å². The molecular weight excluding hydrogens is 830 g/mol. The summed E-state index contributed by atoms with van der Waals surface area (Å²) in [4.78, 5) is 22.8. The van der Waals surface area contributed by atoms with Crippen molar-refractivity contribution in [1.82, 2.24) is 29.4 Å². The summed E-state index contributed by atoms with van der Waals surface area (Å²) in [5.74, 6) is 0.202. The summed E-state index contributed by atoms with van der Waals surface area (Å²) in [7, 11) is -3.40. The second kappa shape index (κ2) is 26.0. The fourth-order valence-electron chi connectivity index (χ4n) is 7.75. The number of fused-ring (bicyclic) bond motifs is 1. The summed E-state index contributed by atoms with van der Waals surface area (Å²) >= 11 is 0. The summed E-state index contributed by atoms with van der Waals surface area (Å²) in [5.41, 5.74) is 6.54. The van der Waals surface area contributed by atoms with Gasteiger partial charge in [0, 0.05) is 19.9 Å². The number of phosphoric ester groups is 1. The quantitative estimate of drug-likeness (QED) is 0.0226. The Hall–Kier alpha value is -4.15. The zero-order chi connectivity index (χ0) is 44.9. The molecule has 346 valence electrons. The number of benzene rings is 1. The van der Waals surface area contributed by atoms with E-state index in [1.165, 1.54) is 125 Å². The normalized spacial score (nSPS) is 20.4. The van der Waals surface area contributed by atoms with Gasteiger partial charge in [-0.3, -0.25) is 14.0 Å². The van der Waals surface area contributed by atoms with E-state index in [1.54, 1.807) is 30.3 Å². The van der Waals surface area contributed by atoms with Gasteiger partial charge in [0.1, 0.15) is 55.0 Å². The summed E-state index contributed by atoms with van der Waals surface area (Å²) < 4.78 is 45.4. The largest absolute Gasteiger partial charge is 0.472 e. The SMILES string of the molecule is CCCCCCCCCCCCCCCCCCOC[C@H](COP(=O)(O)OC[C@@]1(C=NC)O[C@@H](c2ccc3c(N)ncnn23)[C@H](O)[C@@H]1O)OCc1ccc(-n2cncn2)c(C#N)c1. The van der Waals surface area contributed by atoms with Crippen LogP contribution in [0.4, 0.5) is 5.82 Å². The Kier molecular flexibility index (Phi) is 20.6. The summed E-state index contributed by atoms with van der Waals surface area (Å²) in [6.07, 6.45) is 20.5. The third kappa shape index (κ3) is 15.0. The number of nitrogens with two attached hydrogens (primary N) is 1. The van der Waals surface area contributed by atoms with E-state index < -0.39 is 51.1 Å². The van der Waals surface area contributed by atoms with Crippen LogP contribution in [0, 0.1) is 11.3 Å². The second-order valence-electron chi connectivity index (χ2n) is 16.2. The highest BCUT2D eigenvalue weighted by Crippen LogP contribution is 2.47. The monoisotopic (exact) mass is 895 g/mol. The van der Waals surface area contributed by atoms with E-state index in [2.05, 4.69) is 38.2 Å². The number of nitrogens with zero attached hydrogens (tertiary/aromatic N) is 8. The molecule has 18 nitrogen and oxygen atoms in total. The first kappa shape index (κ1) is 49.9. The fourth-order valence-corrected chi connectivity index (χ4v) is 8.55. The van der Waals surface area contributed by atoms with Gasteiger partial charge in [0.15, 0.2) is 11.4 Å². The number of hydrogen-bond acceptors (Lipinski definition) is 15. The van der Waals surface area contributed by atoms with E-state index in [9.17, 15) is 24.9 Å². The lowest BCUT2D eigenvalue weighted by Gasteiger charge is -2.28. The van der Waals surface area contributed by atoms with Crippen molar-refractivity contribution in [3.63, 3.8) is 0 Å². The van der Waals surface area contributed by atoms with Gasteiger partial charge in [0.25, 0.3) is 0 Å². The number of anilines is 1. The average Bonchev–Trinajstić information content (AvgIpc) is 4.03. The standard InChI is InChI=1S/C44H66N9O9P/c1-3-4-5-6-7-8-9-10-11-12-13-14-15-16-17-18-23-58-27-36(59-26-34-19-20-37(35(24-34)25-45)52-33-48-31-50-52)28-60-63(56,57)61-30-44(29-47-2)42(55)40(54)41(62-44)38-21-22-39-43(46)49-32-51-53(38)39/h19-22,24,29,31-33,36,40-42,54-55H,3-18,23,26-28,30H2,1-2H3,(H,56,57)(H2,46,49,51)/t36-,40+,41+,42+,44-/m1/s1. The molecule has 1 aliphatic rings. The van der Waals surface area contributed by atoms with Crippen molar-refractivity contribution in [2.24, 2.45) is 4.99 Å². The van der Waals surface area contributed by atoms with Gasteiger partial charge in [-0.1, -0.05) is 109 Å². The van der Waals surface area contributed by atoms with Crippen molar-refractivity contribution in [3.8, 4) is 11.8 Å². The van der Waals surface area contributed by atoms with Crippen LogP contribution in [0.5, 0.6) is 0 Å². The number of aliphatic hydroxyl groups excluding tert-OH is 2. The Morgan fingerprint density at radius 3 is 2.27 bits per heavy atom. The molecule has 1 aliphatic heterocycles. The molecule has 0 bridgehead atoms. The number of nitriles is 1. The predicted octanol–water partition coefficient (Wildman–Crippen LogP) is 6.99. The first-order valence-corrected chi connectivity index (χ1v) is 23.9. The third-order valence-electron chi connectivity index (χ3n) is 11.3. The smallest absolute Gasteiger partial charge is 0.387 e. The molecule has 1 aromatic carbocycles. The Morgan fingerprint density at radius 2 is 1.63 bits per heavy atom. The number of aliphatic imine (C=N–C) groups is 1. The first-order chi connectivity index (χ1) is 30.6. The minimum atomic E-state index is -4.83. The molecule has 1 saturated heterocycles. The minimum absolute atomic E-state index is 0.0414. The molecule has 3 aromatic heterocycles. The Morgan fingerprint density at radius 1 is 0.952 bits per heavy atom. The molecule has 63 heavy (non-hydrogen) atoms. The lowest BCUT2D eigenvalue weighted by atomic mass is 9.96. The minimum Gasteiger partial charge on any atom is -0.387 e. The molecule has 6 atom stereocenters. The highest BCUT2D eigenvalue weighted by Gasteiger charge is 2.55. The number of hydrogen-bond donors (Lipinski definition) is 4. The summed E-state index contributed by atoms with van der Waals surface area (Å²) in [5, 5.41) is 40.5. The molecule has 1 fully saturated rings. The Bertz CT molecular complexity index is 2060. The number of rotatable bonds is 31. The van der Waals surface area contributed by atoms with Crippen LogP contribution in [0.15, 0.2) is 54.3 Å². The lowest BCUT2D eigenvalue weighted by molar-refractivity contribution is -0.0702. The molecule has 5 rings (SSSR count). The molecule has 0 spiro atoms. The topological polar surface area (TPSA) is 247 Å². The van der Waals surface area contributed by atoms with Gasteiger partial charge in [-0.05, 0) is 36.2 Å². The summed E-state index contributed by atoms with van der Waals surface area (Å²) in [6, 6.07) is 10.6. The Balaban J connectivity index is 1.10. The molecule has 0 amide bonds. The van der Waals surface area contributed by atoms with Gasteiger partial charge < -0.3 is 35.1 Å². The number of nitrogen functional groups attached to an aromatic ring is 1. The van der Waals surface area contributed by atoms with Gasteiger partial charge in [-0.2, -0.15) is 15.5 Å². The van der Waals surface area contributed by atoms with Crippen molar-refractivity contribution >= 4 is 25.4 Å². The summed E-state index contributed by atoms with van der Waals surface area (Å²) in [6.45, 7) is 1.74. The van der Waals surface area contributed by atoms with E-state index in [4.69, 9.17) is 29.0 Å². The molecule has 4 aromatic rings. The number of phosphoric acid groups is 1. The van der Waals surface area contributed by atoms with Crippen LogP contribution in [0.25, 0.3) is 11.2 Å². The van der Waals surface area contributed by atoms with Crippen molar-refractivity contribution < 1.29 is 42.9 Å². The maximum absolute atomic E-state index is 13.4. The molecule has 0 saturated carbocycles. The van der Waals surface area contributed by atoms with Crippen LogP contribution in [-0.4, -0.2) is 108 Å². The number of unbranched alkanes of at least 4 members (excludes halogenated alkanes) is 15. The van der Waals surface area contributed by atoms with Crippen LogP contribution in [0.1, 0.15) is 133 Å². The zero-order valence-corrected chi connectivity index (χ0v) is 37.6. The molecule has 0 radical (unpaired) electrons. The maximum atomic E-state index is 13.4. The molecule has 0 aliphatic carbocycles. The fraction of sp³-hybridized carbons (Fsp3) is 0.636. The molecular formula is C44H66N9O9P. The van der Waals surface area contributed by atoms with Crippen molar-refractivity contribution in [3.05, 3.63) is 66.1 Å².